The van der Waals surface area contributed by atoms with Crippen LogP contribution in [0.15, 0.2) is 44.4 Å². The summed E-state index contributed by atoms with van der Waals surface area (Å²) in [5.74, 6) is 0.513. The molecule has 0 saturated carbocycles. The third-order valence-corrected chi connectivity index (χ3v) is 5.49. The van der Waals surface area contributed by atoms with Gasteiger partial charge >= 0.3 is 0 Å². The van der Waals surface area contributed by atoms with E-state index in [1.54, 1.807) is 0 Å². The van der Waals surface area contributed by atoms with Crippen molar-refractivity contribution in [1.29, 1.82) is 0 Å². The summed E-state index contributed by atoms with van der Waals surface area (Å²) in [6.45, 7) is 8.46. The molecule has 0 unspecified atom stereocenters. The maximum absolute atomic E-state index is 5.74. The van der Waals surface area contributed by atoms with Crippen LogP contribution in [-0.2, 0) is 5.41 Å². The third-order valence-electron chi connectivity index (χ3n) is 3.67. The monoisotopic (exact) mass is 371 g/mol. The Morgan fingerprint density at radius 2 is 1.88 bits per heavy atom. The molecule has 0 saturated heterocycles. The maximum Gasteiger partial charge on any atom is 0.284 e. The fourth-order valence-corrected chi connectivity index (χ4v) is 3.92. The van der Waals surface area contributed by atoms with Crippen molar-refractivity contribution >= 4 is 28.1 Å². The Labute approximate surface area is 153 Å². The van der Waals surface area contributed by atoms with Crippen LogP contribution in [0.2, 0.25) is 0 Å². The predicted molar refractivity (Wildman–Crippen MR) is 98.2 cm³/mol. The van der Waals surface area contributed by atoms with Gasteiger partial charge in [-0.05, 0) is 19.1 Å². The van der Waals surface area contributed by atoms with Crippen molar-refractivity contribution in [3.05, 3.63) is 41.7 Å². The molecule has 3 heterocycles. The fourth-order valence-electron chi connectivity index (χ4n) is 2.22. The quantitative estimate of drug-likeness (QED) is 0.524. The van der Waals surface area contributed by atoms with Gasteiger partial charge in [-0.15, -0.1) is 15.3 Å². The molecule has 0 amide bonds. The largest absolute Gasteiger partial charge is 0.411 e. The molecule has 0 aliphatic heterocycles. The van der Waals surface area contributed by atoms with Crippen LogP contribution in [0.1, 0.15) is 32.0 Å². The van der Waals surface area contributed by atoms with Gasteiger partial charge in [-0.2, -0.15) is 0 Å². The van der Waals surface area contributed by atoms with Crippen molar-refractivity contribution in [3.8, 4) is 11.5 Å². The zero-order valence-electron chi connectivity index (χ0n) is 14.3. The third kappa shape index (κ3) is 3.32. The second-order valence-electron chi connectivity index (χ2n) is 6.81. The molecule has 0 spiro atoms. The highest BCUT2D eigenvalue weighted by molar-refractivity contribution is 8.00. The second kappa shape index (κ2) is 5.96. The Balaban J connectivity index is 1.55. The molecule has 3 aromatic heterocycles. The Kier molecular flexibility index (Phi) is 3.88. The zero-order chi connectivity index (χ0) is 17.6. The predicted octanol–water partition coefficient (Wildman–Crippen LogP) is 4.60. The summed E-state index contributed by atoms with van der Waals surface area (Å²) >= 11 is 2.87. The summed E-state index contributed by atoms with van der Waals surface area (Å²) in [6.07, 6.45) is 1.97. The van der Waals surface area contributed by atoms with Crippen LogP contribution < -0.4 is 0 Å². The van der Waals surface area contributed by atoms with E-state index >= 15 is 0 Å². The van der Waals surface area contributed by atoms with Crippen LogP contribution in [0.5, 0.6) is 0 Å². The highest BCUT2D eigenvalue weighted by atomic mass is 32.2. The first-order valence-corrected chi connectivity index (χ1v) is 9.47. The number of nitrogens with zero attached hydrogens (tertiary/aromatic N) is 5. The van der Waals surface area contributed by atoms with Crippen molar-refractivity contribution in [1.82, 2.24) is 24.8 Å². The molecular weight excluding hydrogens is 354 g/mol. The van der Waals surface area contributed by atoms with Gasteiger partial charge in [0.1, 0.15) is 0 Å². The molecule has 0 bridgehead atoms. The second-order valence-corrected chi connectivity index (χ2v) is 8.97. The highest BCUT2D eigenvalue weighted by Crippen LogP contribution is 2.33. The average molecular weight is 371 g/mol. The summed E-state index contributed by atoms with van der Waals surface area (Å²) in [6, 6.07) is 8.00. The lowest BCUT2D eigenvalue weighted by atomic mass is 9.93. The van der Waals surface area contributed by atoms with Gasteiger partial charge < -0.3 is 4.42 Å². The van der Waals surface area contributed by atoms with Crippen LogP contribution in [0.4, 0.5) is 0 Å². The number of fused-ring (bicyclic) bond motifs is 1. The van der Waals surface area contributed by atoms with Crippen LogP contribution in [-0.4, -0.2) is 24.8 Å². The Bertz CT molecular complexity index is 992. The molecule has 128 valence electrons. The van der Waals surface area contributed by atoms with E-state index in [-0.39, 0.29) is 5.41 Å². The summed E-state index contributed by atoms with van der Waals surface area (Å²) < 4.78 is 8.37. The lowest BCUT2D eigenvalue weighted by Gasteiger charge is -2.13. The van der Waals surface area contributed by atoms with E-state index in [4.69, 9.17) is 4.42 Å². The van der Waals surface area contributed by atoms with E-state index in [0.717, 1.165) is 20.6 Å². The minimum absolute atomic E-state index is 0.0101. The van der Waals surface area contributed by atoms with Crippen LogP contribution in [0.25, 0.3) is 16.4 Å². The van der Waals surface area contributed by atoms with Crippen molar-refractivity contribution in [2.45, 2.75) is 42.7 Å². The molecule has 6 nitrogen and oxygen atoms in total. The minimum Gasteiger partial charge on any atom is -0.411 e. The molecule has 0 N–H and O–H groups in total. The lowest BCUT2D eigenvalue weighted by Crippen LogP contribution is -2.11. The molecular formula is C17H17N5OS2. The van der Waals surface area contributed by atoms with Gasteiger partial charge in [-0.25, -0.2) is 9.50 Å². The number of benzene rings is 1. The topological polar surface area (TPSA) is 69.1 Å². The van der Waals surface area contributed by atoms with Crippen molar-refractivity contribution < 1.29 is 4.42 Å². The maximum atomic E-state index is 5.74. The smallest absolute Gasteiger partial charge is 0.284 e. The molecule has 0 radical (unpaired) electrons. The van der Waals surface area contributed by atoms with Gasteiger partial charge in [0.05, 0.1) is 11.9 Å². The van der Waals surface area contributed by atoms with Crippen molar-refractivity contribution in [3.63, 3.8) is 0 Å². The van der Waals surface area contributed by atoms with Crippen molar-refractivity contribution in [2.24, 2.45) is 0 Å². The van der Waals surface area contributed by atoms with E-state index in [0.29, 0.717) is 11.1 Å². The molecule has 4 rings (SSSR count). The van der Waals surface area contributed by atoms with E-state index in [1.165, 1.54) is 28.7 Å². The van der Waals surface area contributed by atoms with Crippen LogP contribution >= 0.6 is 23.1 Å². The average Bonchev–Trinajstić information content (AvgIpc) is 3.22. The number of rotatable bonds is 3. The molecule has 0 atom stereocenters. The van der Waals surface area contributed by atoms with Crippen molar-refractivity contribution in [2.75, 3.05) is 0 Å². The number of hydrogen-bond donors (Lipinski definition) is 0. The fraction of sp³-hybridized carbons (Fsp3) is 0.294. The standard InChI is InChI=1S/C17H17N5OS2/c1-10-5-7-11(8-6-10)13-19-20-15(23-13)25-16-21-22-9-12(17(2,3)4)18-14(22)24-16/h5-9H,1-4H3. The SMILES string of the molecule is Cc1ccc(-c2nnc(Sc3nn4cc(C(C)(C)C)nc4s3)o2)cc1. The Hall–Kier alpha value is -2.19. The zero-order valence-corrected chi connectivity index (χ0v) is 16.0. The van der Waals surface area contributed by atoms with E-state index < -0.39 is 0 Å². The highest BCUT2D eigenvalue weighted by Gasteiger charge is 2.20. The Morgan fingerprint density at radius 1 is 1.12 bits per heavy atom. The van der Waals surface area contributed by atoms with Gasteiger partial charge in [0.25, 0.3) is 5.22 Å². The van der Waals surface area contributed by atoms with Gasteiger partial charge in [-0.3, -0.25) is 0 Å². The number of aryl methyl sites for hydroxylation is 1. The molecule has 1 aromatic carbocycles. The van der Waals surface area contributed by atoms with E-state index in [2.05, 4.69) is 41.1 Å². The first kappa shape index (κ1) is 16.3. The van der Waals surface area contributed by atoms with Gasteiger partial charge in [-0.1, -0.05) is 49.8 Å². The summed E-state index contributed by atoms with van der Waals surface area (Å²) in [5, 5.41) is 13.2. The van der Waals surface area contributed by atoms with Crippen LogP contribution in [0.3, 0.4) is 0 Å². The molecule has 8 heteroatoms. The van der Waals surface area contributed by atoms with E-state index in [9.17, 15) is 0 Å². The molecule has 25 heavy (non-hydrogen) atoms. The number of aromatic nitrogens is 5. The minimum atomic E-state index is 0.0101. The number of hydrogen-bond acceptors (Lipinski definition) is 7. The summed E-state index contributed by atoms with van der Waals surface area (Å²) in [5.41, 5.74) is 3.14. The molecule has 0 aliphatic carbocycles. The molecule has 0 aliphatic rings. The van der Waals surface area contributed by atoms with Gasteiger partial charge in [0.2, 0.25) is 10.9 Å². The van der Waals surface area contributed by atoms with Gasteiger partial charge in [0.15, 0.2) is 4.34 Å². The first-order valence-electron chi connectivity index (χ1n) is 7.83. The normalized spacial score (nSPS) is 12.2. The molecule has 0 fully saturated rings. The number of imidazole rings is 1. The van der Waals surface area contributed by atoms with E-state index in [1.807, 2.05) is 41.9 Å². The first-order chi connectivity index (χ1) is 11.9. The van der Waals surface area contributed by atoms with Crippen LogP contribution in [0, 0.1) is 6.92 Å². The van der Waals surface area contributed by atoms with Gasteiger partial charge in [0, 0.05) is 22.7 Å². The summed E-state index contributed by atoms with van der Waals surface area (Å²) in [4.78, 5) is 5.51. The summed E-state index contributed by atoms with van der Waals surface area (Å²) in [7, 11) is 0. The lowest BCUT2D eigenvalue weighted by molar-refractivity contribution is 0.465. The Morgan fingerprint density at radius 3 is 2.56 bits per heavy atom. The molecule has 4 aromatic rings.